The van der Waals surface area contributed by atoms with Crippen molar-refractivity contribution < 1.29 is 38.4 Å². The number of benzene rings is 1. The van der Waals surface area contributed by atoms with Crippen LogP contribution in [0.4, 0.5) is 5.69 Å². The molecule has 11 nitrogen and oxygen atoms in total. The molecule has 3 rings (SSSR count). The third kappa shape index (κ3) is 3.96. The number of non-ortho nitro benzene ring substituents is 1. The Morgan fingerprint density at radius 1 is 1.12 bits per heavy atom. The number of nitro groups is 1. The molecule has 1 aromatic rings. The average Bonchev–Trinajstić information content (AvgIpc) is 3.19. The largest absolute Gasteiger partial charge is 0.448 e. The van der Waals surface area contributed by atoms with Gasteiger partial charge in [0, 0.05) is 38.5 Å². The predicted octanol–water partition coefficient (Wildman–Crippen LogP) is 2.69. The van der Waals surface area contributed by atoms with Crippen LogP contribution in [0.5, 0.6) is 0 Å². The maximum atomic E-state index is 12.6. The smallest absolute Gasteiger partial charge is 0.314 e. The summed E-state index contributed by atoms with van der Waals surface area (Å²) in [6.07, 6.45) is -0.158. The van der Waals surface area contributed by atoms with Crippen LogP contribution < -0.4 is 0 Å². The SMILES string of the molecule is C=C1OC(C)(OC(C)=O)C(C(C)=O)=C1C1(OC(C)=O)CC(c2ccc([N+](=O)[O-])cc2)=NO1. The van der Waals surface area contributed by atoms with Gasteiger partial charge in [0.1, 0.15) is 5.76 Å². The number of esters is 2. The van der Waals surface area contributed by atoms with E-state index in [2.05, 4.69) is 11.7 Å². The van der Waals surface area contributed by atoms with Crippen LogP contribution in [0.1, 0.15) is 39.7 Å². The van der Waals surface area contributed by atoms with Crippen molar-refractivity contribution >= 4 is 29.1 Å². The third-order valence-electron chi connectivity index (χ3n) is 4.80. The van der Waals surface area contributed by atoms with Gasteiger partial charge in [-0.3, -0.25) is 24.5 Å². The minimum Gasteiger partial charge on any atom is -0.448 e. The second kappa shape index (κ2) is 7.91. The summed E-state index contributed by atoms with van der Waals surface area (Å²) in [5.41, 5.74) is 0.520. The van der Waals surface area contributed by atoms with E-state index in [1.54, 1.807) is 0 Å². The molecule has 0 N–H and O–H groups in total. The first-order valence-corrected chi connectivity index (χ1v) is 9.42. The Labute approximate surface area is 182 Å². The first-order chi connectivity index (χ1) is 14.9. The van der Waals surface area contributed by atoms with Gasteiger partial charge >= 0.3 is 17.7 Å². The first kappa shape index (κ1) is 22.7. The lowest BCUT2D eigenvalue weighted by molar-refractivity contribution is -0.384. The Kier molecular flexibility index (Phi) is 5.60. The number of ketones is 1. The van der Waals surface area contributed by atoms with Crippen molar-refractivity contribution in [2.45, 2.75) is 45.7 Å². The number of ether oxygens (including phenoxy) is 3. The normalized spacial score (nSPS) is 24.4. The zero-order valence-corrected chi connectivity index (χ0v) is 17.8. The Bertz CT molecular complexity index is 1100. The molecule has 11 heteroatoms. The van der Waals surface area contributed by atoms with E-state index >= 15 is 0 Å². The molecule has 2 aliphatic rings. The maximum Gasteiger partial charge on any atom is 0.314 e. The van der Waals surface area contributed by atoms with E-state index in [-0.39, 0.29) is 29.0 Å². The van der Waals surface area contributed by atoms with Gasteiger partial charge < -0.3 is 19.0 Å². The van der Waals surface area contributed by atoms with Crippen molar-refractivity contribution in [3.63, 3.8) is 0 Å². The number of carbonyl (C=O) groups excluding carboxylic acids is 3. The Balaban J connectivity index is 2.09. The summed E-state index contributed by atoms with van der Waals surface area (Å²) in [6, 6.07) is 5.51. The van der Waals surface area contributed by atoms with E-state index in [1.807, 2.05) is 0 Å². The lowest BCUT2D eigenvalue weighted by atomic mass is 9.89. The number of rotatable bonds is 6. The monoisotopic (exact) mass is 444 g/mol. The molecule has 0 aliphatic carbocycles. The van der Waals surface area contributed by atoms with Crippen LogP contribution in [0.2, 0.25) is 0 Å². The lowest BCUT2D eigenvalue weighted by Crippen LogP contribution is -2.40. The van der Waals surface area contributed by atoms with Crippen LogP contribution in [0.3, 0.4) is 0 Å². The number of oxime groups is 1. The third-order valence-corrected chi connectivity index (χ3v) is 4.80. The molecular weight excluding hydrogens is 424 g/mol. The molecule has 0 aromatic heterocycles. The van der Waals surface area contributed by atoms with Crippen molar-refractivity contribution in [2.24, 2.45) is 5.16 Å². The molecule has 0 spiro atoms. The van der Waals surface area contributed by atoms with Crippen molar-refractivity contribution in [1.82, 2.24) is 0 Å². The topological polar surface area (TPSA) is 144 Å². The van der Waals surface area contributed by atoms with Crippen molar-refractivity contribution in [1.29, 1.82) is 0 Å². The van der Waals surface area contributed by atoms with E-state index in [0.29, 0.717) is 11.3 Å². The highest BCUT2D eigenvalue weighted by atomic mass is 16.8. The molecule has 0 bridgehead atoms. The fourth-order valence-corrected chi connectivity index (χ4v) is 3.76. The number of nitro benzene ring substituents is 1. The molecule has 0 saturated carbocycles. The van der Waals surface area contributed by atoms with Crippen LogP contribution in [-0.2, 0) is 33.4 Å². The van der Waals surface area contributed by atoms with Gasteiger partial charge in [-0.1, -0.05) is 11.7 Å². The minimum atomic E-state index is -1.92. The fourth-order valence-electron chi connectivity index (χ4n) is 3.76. The molecule has 32 heavy (non-hydrogen) atoms. The fraction of sp³-hybridized carbons (Fsp3) is 0.333. The van der Waals surface area contributed by atoms with E-state index in [1.165, 1.54) is 38.1 Å². The van der Waals surface area contributed by atoms with E-state index in [4.69, 9.17) is 19.0 Å². The summed E-state index contributed by atoms with van der Waals surface area (Å²) in [6.45, 7) is 8.66. The summed E-state index contributed by atoms with van der Waals surface area (Å²) in [5, 5.41) is 14.9. The predicted molar refractivity (Wildman–Crippen MR) is 108 cm³/mol. The highest BCUT2D eigenvalue weighted by Crippen LogP contribution is 2.49. The van der Waals surface area contributed by atoms with E-state index < -0.39 is 34.2 Å². The van der Waals surface area contributed by atoms with Gasteiger partial charge in [0.25, 0.3) is 11.5 Å². The van der Waals surface area contributed by atoms with Gasteiger partial charge in [-0.15, -0.1) is 0 Å². The van der Waals surface area contributed by atoms with Crippen molar-refractivity contribution in [2.75, 3.05) is 0 Å². The summed E-state index contributed by atoms with van der Waals surface area (Å²) in [7, 11) is 0. The molecule has 2 aliphatic heterocycles. The van der Waals surface area contributed by atoms with Crippen molar-refractivity contribution in [3.8, 4) is 0 Å². The van der Waals surface area contributed by atoms with Gasteiger partial charge in [-0.05, 0) is 19.1 Å². The Hall–Kier alpha value is -4.02. The quantitative estimate of drug-likeness (QED) is 0.367. The zero-order chi connectivity index (χ0) is 23.8. The highest BCUT2D eigenvalue weighted by molar-refractivity contribution is 6.03. The van der Waals surface area contributed by atoms with Crippen LogP contribution in [0.15, 0.2) is 52.9 Å². The summed E-state index contributed by atoms with van der Waals surface area (Å²) in [5.74, 6) is -5.80. The second-order valence-electron chi connectivity index (χ2n) is 7.33. The van der Waals surface area contributed by atoms with E-state index in [9.17, 15) is 24.5 Å². The highest BCUT2D eigenvalue weighted by Gasteiger charge is 2.58. The molecule has 168 valence electrons. The molecule has 1 aromatic carbocycles. The molecule has 2 atom stereocenters. The molecule has 0 radical (unpaired) electrons. The van der Waals surface area contributed by atoms with Crippen LogP contribution in [0.25, 0.3) is 0 Å². The number of Topliss-reactive ketones (excluding diaryl/α,β-unsaturated/α-hetero) is 1. The average molecular weight is 444 g/mol. The van der Waals surface area contributed by atoms with Crippen LogP contribution >= 0.6 is 0 Å². The summed E-state index contributed by atoms with van der Waals surface area (Å²) >= 11 is 0. The minimum absolute atomic E-state index is 0.0235. The number of carbonyl (C=O) groups is 3. The molecule has 0 fully saturated rings. The van der Waals surface area contributed by atoms with Gasteiger partial charge in [0.2, 0.25) is 0 Å². The Morgan fingerprint density at radius 2 is 1.72 bits per heavy atom. The van der Waals surface area contributed by atoms with Crippen molar-refractivity contribution in [3.05, 3.63) is 63.4 Å². The van der Waals surface area contributed by atoms with Crippen LogP contribution in [-0.4, -0.2) is 39.9 Å². The lowest BCUT2D eigenvalue weighted by Gasteiger charge is -2.27. The molecule has 0 amide bonds. The maximum absolute atomic E-state index is 12.6. The standard InChI is InChI=1S/C21H20N2O9/c1-11(24)18-19(12(2)29-20(18,5)30-13(3)25)21(31-14(4)26)10-17(22-32-21)15-6-8-16(9-7-15)23(27)28/h6-9H,2,10H2,1,3-5H3. The van der Waals surface area contributed by atoms with Gasteiger partial charge in [-0.2, -0.15) is 0 Å². The van der Waals surface area contributed by atoms with Gasteiger partial charge in [0.15, 0.2) is 5.78 Å². The Morgan fingerprint density at radius 3 is 2.22 bits per heavy atom. The van der Waals surface area contributed by atoms with Crippen LogP contribution in [0, 0.1) is 10.1 Å². The zero-order valence-electron chi connectivity index (χ0n) is 17.8. The van der Waals surface area contributed by atoms with E-state index in [0.717, 1.165) is 13.8 Å². The van der Waals surface area contributed by atoms with Gasteiger partial charge in [-0.25, -0.2) is 0 Å². The summed E-state index contributed by atoms with van der Waals surface area (Å²) < 4.78 is 16.3. The molecule has 2 heterocycles. The molecule has 0 saturated heterocycles. The number of hydrogen-bond acceptors (Lipinski definition) is 10. The number of nitrogens with zero attached hydrogens (tertiary/aromatic N) is 2. The van der Waals surface area contributed by atoms with Gasteiger partial charge in [0.05, 0.1) is 28.2 Å². The molecule has 2 unspecified atom stereocenters. The molecular formula is C21H20N2O9. The first-order valence-electron chi connectivity index (χ1n) is 9.42. The number of hydrogen-bond donors (Lipinski definition) is 0. The summed E-state index contributed by atoms with van der Waals surface area (Å²) in [4.78, 5) is 52.1. The second-order valence-corrected chi connectivity index (χ2v) is 7.33.